The van der Waals surface area contributed by atoms with Crippen LogP contribution in [0.25, 0.3) is 22.4 Å². The van der Waals surface area contributed by atoms with Gasteiger partial charge in [0.05, 0.1) is 10.8 Å². The minimum Gasteiger partial charge on any atom is -0.411 e. The Balaban J connectivity index is 1.92. The Morgan fingerprint density at radius 1 is 1.35 bits per heavy atom. The zero-order chi connectivity index (χ0) is 14.1. The fraction of sp³-hybridized carbons (Fsp3) is 0.214. The standard InChI is InChI=1S/C14H13N3O2S/c1-8(18)9(2)20-14-17-16-13(19-14)11-7-15-12-6-4-3-5-10(11)12/h3-7,9,15H,1-2H3. The number of fused-ring (bicyclic) bond motifs is 1. The molecule has 0 saturated heterocycles. The fourth-order valence-corrected chi connectivity index (χ4v) is 2.53. The van der Waals surface area contributed by atoms with Crippen molar-refractivity contribution in [1.29, 1.82) is 0 Å². The third kappa shape index (κ3) is 2.34. The average molecular weight is 287 g/mol. The molecule has 1 aromatic carbocycles. The lowest BCUT2D eigenvalue weighted by molar-refractivity contribution is -0.116. The Bertz CT molecular complexity index is 762. The summed E-state index contributed by atoms with van der Waals surface area (Å²) in [5.74, 6) is 0.544. The van der Waals surface area contributed by atoms with Crippen LogP contribution in [0.4, 0.5) is 0 Å². The van der Waals surface area contributed by atoms with Crippen molar-refractivity contribution in [1.82, 2.24) is 15.2 Å². The van der Waals surface area contributed by atoms with Gasteiger partial charge >= 0.3 is 0 Å². The number of aromatic nitrogens is 3. The van der Waals surface area contributed by atoms with Crippen molar-refractivity contribution in [3.63, 3.8) is 0 Å². The van der Waals surface area contributed by atoms with Crippen LogP contribution in [0.2, 0.25) is 0 Å². The van der Waals surface area contributed by atoms with E-state index in [1.165, 1.54) is 11.8 Å². The number of rotatable bonds is 4. The van der Waals surface area contributed by atoms with Gasteiger partial charge in [-0.05, 0) is 19.9 Å². The van der Waals surface area contributed by atoms with Gasteiger partial charge < -0.3 is 9.40 Å². The maximum absolute atomic E-state index is 11.2. The lowest BCUT2D eigenvalue weighted by Crippen LogP contribution is -2.07. The first-order valence-electron chi connectivity index (χ1n) is 6.22. The van der Waals surface area contributed by atoms with Crippen LogP contribution in [0.15, 0.2) is 40.1 Å². The highest BCUT2D eigenvalue weighted by Crippen LogP contribution is 2.30. The summed E-state index contributed by atoms with van der Waals surface area (Å²) in [6, 6.07) is 7.91. The number of carbonyl (C=O) groups excluding carboxylic acids is 1. The van der Waals surface area contributed by atoms with Crippen LogP contribution in [-0.2, 0) is 4.79 Å². The summed E-state index contributed by atoms with van der Waals surface area (Å²) in [4.78, 5) is 14.4. The van der Waals surface area contributed by atoms with Crippen LogP contribution < -0.4 is 0 Å². The predicted molar refractivity (Wildman–Crippen MR) is 77.6 cm³/mol. The lowest BCUT2D eigenvalue weighted by atomic mass is 10.2. The number of nitrogens with one attached hydrogen (secondary N) is 1. The van der Waals surface area contributed by atoms with E-state index in [1.807, 2.05) is 37.4 Å². The van der Waals surface area contributed by atoms with Gasteiger partial charge in [0, 0.05) is 17.1 Å². The molecule has 102 valence electrons. The van der Waals surface area contributed by atoms with Gasteiger partial charge in [0.25, 0.3) is 11.1 Å². The smallest absolute Gasteiger partial charge is 0.277 e. The summed E-state index contributed by atoms with van der Waals surface area (Å²) >= 11 is 1.28. The molecule has 0 aliphatic carbocycles. The maximum Gasteiger partial charge on any atom is 0.277 e. The van der Waals surface area contributed by atoms with Gasteiger partial charge in [-0.25, -0.2) is 0 Å². The molecule has 2 aromatic heterocycles. The maximum atomic E-state index is 11.2. The lowest BCUT2D eigenvalue weighted by Gasteiger charge is -2.01. The molecule has 1 N–H and O–H groups in total. The van der Waals surface area contributed by atoms with E-state index in [9.17, 15) is 4.79 Å². The number of carbonyl (C=O) groups is 1. The summed E-state index contributed by atoms with van der Waals surface area (Å²) in [7, 11) is 0. The zero-order valence-electron chi connectivity index (χ0n) is 11.1. The van der Waals surface area contributed by atoms with Crippen molar-refractivity contribution in [3.05, 3.63) is 30.5 Å². The molecule has 0 aliphatic rings. The molecule has 20 heavy (non-hydrogen) atoms. The molecule has 2 heterocycles. The zero-order valence-corrected chi connectivity index (χ0v) is 11.9. The highest BCUT2D eigenvalue weighted by Gasteiger charge is 2.17. The van der Waals surface area contributed by atoms with Gasteiger partial charge in [0.1, 0.15) is 5.78 Å². The quantitative estimate of drug-likeness (QED) is 0.745. The van der Waals surface area contributed by atoms with Crippen LogP contribution >= 0.6 is 11.8 Å². The predicted octanol–water partition coefficient (Wildman–Crippen LogP) is 3.29. The van der Waals surface area contributed by atoms with E-state index in [1.54, 1.807) is 6.92 Å². The number of benzene rings is 1. The molecule has 1 atom stereocenters. The third-order valence-corrected chi connectivity index (χ3v) is 4.13. The number of aromatic amines is 1. The summed E-state index contributed by atoms with van der Waals surface area (Å²) in [6.45, 7) is 3.37. The molecule has 0 bridgehead atoms. The second-order valence-corrected chi connectivity index (χ2v) is 5.78. The number of para-hydroxylation sites is 1. The molecule has 0 spiro atoms. The van der Waals surface area contributed by atoms with Crippen molar-refractivity contribution in [2.75, 3.05) is 0 Å². The van der Waals surface area contributed by atoms with Crippen molar-refractivity contribution in [2.24, 2.45) is 0 Å². The average Bonchev–Trinajstić information content (AvgIpc) is 3.04. The van der Waals surface area contributed by atoms with E-state index in [0.717, 1.165) is 16.5 Å². The second-order valence-electron chi connectivity index (χ2n) is 4.49. The van der Waals surface area contributed by atoms with Gasteiger partial charge in [0.15, 0.2) is 0 Å². The summed E-state index contributed by atoms with van der Waals surface area (Å²) in [6.07, 6.45) is 1.85. The number of thioether (sulfide) groups is 1. The number of Topliss-reactive ketones (excluding diaryl/α,β-unsaturated/α-hetero) is 1. The highest BCUT2D eigenvalue weighted by atomic mass is 32.2. The molecule has 3 aromatic rings. The van der Waals surface area contributed by atoms with Crippen LogP contribution in [-0.4, -0.2) is 26.2 Å². The van der Waals surface area contributed by atoms with Gasteiger partial charge in [-0.15, -0.1) is 10.2 Å². The van der Waals surface area contributed by atoms with E-state index in [4.69, 9.17) is 4.42 Å². The van der Waals surface area contributed by atoms with Crippen LogP contribution in [0, 0.1) is 0 Å². The number of hydrogen-bond donors (Lipinski definition) is 1. The van der Waals surface area contributed by atoms with Crippen molar-refractivity contribution >= 4 is 28.4 Å². The van der Waals surface area contributed by atoms with E-state index < -0.39 is 0 Å². The van der Waals surface area contributed by atoms with Crippen LogP contribution in [0.3, 0.4) is 0 Å². The molecule has 1 unspecified atom stereocenters. The van der Waals surface area contributed by atoms with Crippen LogP contribution in [0.1, 0.15) is 13.8 Å². The molecule has 5 nitrogen and oxygen atoms in total. The minimum absolute atomic E-state index is 0.0850. The van der Waals surface area contributed by atoms with E-state index in [-0.39, 0.29) is 11.0 Å². The van der Waals surface area contributed by atoms with Crippen molar-refractivity contribution in [2.45, 2.75) is 24.3 Å². The highest BCUT2D eigenvalue weighted by molar-refractivity contribution is 8.00. The number of nitrogens with zero attached hydrogens (tertiary/aromatic N) is 2. The number of H-pyrrole nitrogens is 1. The van der Waals surface area contributed by atoms with Gasteiger partial charge in [0.2, 0.25) is 0 Å². The SMILES string of the molecule is CC(=O)C(C)Sc1nnc(-c2c[nH]c3ccccc23)o1. The minimum atomic E-state index is -0.189. The molecule has 0 aliphatic heterocycles. The number of ketones is 1. The molecule has 0 radical (unpaired) electrons. The molecular weight excluding hydrogens is 274 g/mol. The molecular formula is C14H13N3O2S. The monoisotopic (exact) mass is 287 g/mol. The summed E-state index contributed by atoms with van der Waals surface area (Å²) < 4.78 is 5.63. The van der Waals surface area contributed by atoms with Crippen LogP contribution in [0.5, 0.6) is 0 Å². The molecule has 3 rings (SSSR count). The van der Waals surface area contributed by atoms with Gasteiger partial charge in [-0.2, -0.15) is 0 Å². The van der Waals surface area contributed by atoms with Crippen molar-refractivity contribution in [3.8, 4) is 11.5 Å². The molecule has 6 heteroatoms. The summed E-state index contributed by atoms with van der Waals surface area (Å²) in [5, 5.41) is 9.29. The Morgan fingerprint density at radius 3 is 2.95 bits per heavy atom. The molecule has 0 amide bonds. The van der Waals surface area contributed by atoms with Gasteiger partial charge in [-0.3, -0.25) is 4.79 Å². The summed E-state index contributed by atoms with van der Waals surface area (Å²) in [5.41, 5.74) is 1.89. The van der Waals surface area contributed by atoms with Gasteiger partial charge in [-0.1, -0.05) is 30.0 Å². The van der Waals surface area contributed by atoms with E-state index in [2.05, 4.69) is 15.2 Å². The Kier molecular flexibility index (Phi) is 3.31. The first-order valence-corrected chi connectivity index (χ1v) is 7.10. The molecule has 0 fully saturated rings. The number of hydrogen-bond acceptors (Lipinski definition) is 5. The third-order valence-electron chi connectivity index (χ3n) is 3.08. The van der Waals surface area contributed by atoms with E-state index >= 15 is 0 Å². The topological polar surface area (TPSA) is 71.8 Å². The Morgan fingerprint density at radius 2 is 2.15 bits per heavy atom. The van der Waals surface area contributed by atoms with E-state index in [0.29, 0.717) is 11.1 Å². The second kappa shape index (κ2) is 5.13. The Labute approximate surface area is 119 Å². The largest absolute Gasteiger partial charge is 0.411 e. The fourth-order valence-electron chi connectivity index (χ4n) is 1.85. The van der Waals surface area contributed by atoms with Crippen molar-refractivity contribution < 1.29 is 9.21 Å². The molecule has 0 saturated carbocycles. The Hall–Kier alpha value is -2.08. The first kappa shape index (κ1) is 12.9. The normalized spacial score (nSPS) is 12.7. The first-order chi connectivity index (χ1) is 9.65.